The Labute approximate surface area is 126 Å². The highest BCUT2D eigenvalue weighted by atomic mass is 35.5. The minimum atomic E-state index is 0.254. The summed E-state index contributed by atoms with van der Waals surface area (Å²) in [6, 6.07) is 0. The van der Waals surface area contributed by atoms with Gasteiger partial charge in [0.1, 0.15) is 0 Å². The number of hydrogen-bond donors (Lipinski definition) is 1. The lowest BCUT2D eigenvalue weighted by Crippen LogP contribution is -2.25. The number of hydrogen-bond acceptors (Lipinski definition) is 5. The second-order valence-electron chi connectivity index (χ2n) is 5.45. The summed E-state index contributed by atoms with van der Waals surface area (Å²) in [6.07, 6.45) is 3.95. The smallest absolute Gasteiger partial charge is 0.231 e. The lowest BCUT2D eigenvalue weighted by atomic mass is 9.98. The topological polar surface area (TPSA) is 53.9 Å². The van der Waals surface area contributed by atoms with Gasteiger partial charge in [-0.15, -0.1) is 0 Å². The molecule has 1 N–H and O–H groups in total. The van der Waals surface area contributed by atoms with Crippen LogP contribution in [-0.4, -0.2) is 34.6 Å². The Hall–Kier alpha value is -1.10. The molecule has 1 fully saturated rings. The molecule has 1 aromatic heterocycles. The summed E-state index contributed by atoms with van der Waals surface area (Å²) in [5.74, 6) is 2.73. The third-order valence-electron chi connectivity index (χ3n) is 4.20. The van der Waals surface area contributed by atoms with Gasteiger partial charge in [-0.3, -0.25) is 0 Å². The molecular formula is C14H24ClN5. The maximum Gasteiger partial charge on any atom is 0.231 e. The first kappa shape index (κ1) is 15.3. The van der Waals surface area contributed by atoms with Crippen LogP contribution in [0.1, 0.15) is 40.0 Å². The molecule has 2 atom stereocenters. The SMILES string of the molecule is CCN(CC)c1nc(Cl)nc(NCC2CCCC2C)n1. The fourth-order valence-corrected chi connectivity index (χ4v) is 2.97. The molecule has 6 heteroatoms. The van der Waals surface area contributed by atoms with E-state index >= 15 is 0 Å². The van der Waals surface area contributed by atoms with Crippen molar-refractivity contribution < 1.29 is 0 Å². The van der Waals surface area contributed by atoms with E-state index in [0.717, 1.165) is 25.6 Å². The van der Waals surface area contributed by atoms with Gasteiger partial charge in [-0.1, -0.05) is 19.8 Å². The van der Waals surface area contributed by atoms with Gasteiger partial charge < -0.3 is 10.2 Å². The zero-order valence-corrected chi connectivity index (χ0v) is 13.3. The molecule has 1 saturated carbocycles. The summed E-state index contributed by atoms with van der Waals surface area (Å²) in [5.41, 5.74) is 0. The summed E-state index contributed by atoms with van der Waals surface area (Å²) in [7, 11) is 0. The Morgan fingerprint density at radius 3 is 2.55 bits per heavy atom. The van der Waals surface area contributed by atoms with Gasteiger partial charge in [-0.05, 0) is 43.7 Å². The molecule has 0 aromatic carbocycles. The zero-order valence-electron chi connectivity index (χ0n) is 12.6. The first-order chi connectivity index (χ1) is 9.63. The van der Waals surface area contributed by atoms with Crippen LogP contribution < -0.4 is 10.2 Å². The standard InChI is InChI=1S/C14H24ClN5/c1-4-20(5-2)14-18-12(15)17-13(19-14)16-9-11-8-6-7-10(11)3/h10-11H,4-9H2,1-3H3,(H,16,17,18,19). The molecule has 0 spiro atoms. The maximum absolute atomic E-state index is 6.00. The zero-order chi connectivity index (χ0) is 14.5. The molecule has 1 aliphatic carbocycles. The van der Waals surface area contributed by atoms with Crippen LogP contribution in [-0.2, 0) is 0 Å². The van der Waals surface area contributed by atoms with Crippen molar-refractivity contribution in [1.29, 1.82) is 0 Å². The van der Waals surface area contributed by atoms with E-state index in [-0.39, 0.29) is 5.28 Å². The Kier molecular flexibility index (Phi) is 5.40. The predicted octanol–water partition coefficient (Wildman–Crippen LogP) is 3.22. The Balaban J connectivity index is 2.03. The Morgan fingerprint density at radius 1 is 1.20 bits per heavy atom. The fourth-order valence-electron chi connectivity index (χ4n) is 2.81. The van der Waals surface area contributed by atoms with E-state index in [4.69, 9.17) is 11.6 Å². The first-order valence-electron chi connectivity index (χ1n) is 7.54. The third kappa shape index (κ3) is 3.72. The van der Waals surface area contributed by atoms with E-state index < -0.39 is 0 Å². The van der Waals surface area contributed by atoms with Crippen molar-refractivity contribution in [1.82, 2.24) is 15.0 Å². The van der Waals surface area contributed by atoms with Crippen molar-refractivity contribution in [2.45, 2.75) is 40.0 Å². The average molecular weight is 298 g/mol. The van der Waals surface area contributed by atoms with E-state index in [2.05, 4.69) is 45.9 Å². The van der Waals surface area contributed by atoms with Crippen molar-refractivity contribution in [3.05, 3.63) is 5.28 Å². The first-order valence-corrected chi connectivity index (χ1v) is 7.92. The molecule has 2 rings (SSSR count). The normalized spacial score (nSPS) is 22.0. The van der Waals surface area contributed by atoms with Crippen molar-refractivity contribution >= 4 is 23.5 Å². The number of rotatable bonds is 6. The van der Waals surface area contributed by atoms with Crippen molar-refractivity contribution in [3.63, 3.8) is 0 Å². The highest BCUT2D eigenvalue weighted by molar-refractivity contribution is 6.28. The van der Waals surface area contributed by atoms with E-state index in [1.165, 1.54) is 19.3 Å². The summed E-state index contributed by atoms with van der Waals surface area (Å²) in [6.45, 7) is 9.11. The van der Waals surface area contributed by atoms with E-state index in [1.807, 2.05) is 0 Å². The summed E-state index contributed by atoms with van der Waals surface area (Å²) < 4.78 is 0. The number of halogens is 1. The van der Waals surface area contributed by atoms with Crippen molar-refractivity contribution in [3.8, 4) is 0 Å². The highest BCUT2D eigenvalue weighted by Gasteiger charge is 2.23. The molecule has 5 nitrogen and oxygen atoms in total. The van der Waals surface area contributed by atoms with Gasteiger partial charge in [0.15, 0.2) is 0 Å². The van der Waals surface area contributed by atoms with Crippen LogP contribution in [0.2, 0.25) is 5.28 Å². The number of aromatic nitrogens is 3. The lowest BCUT2D eigenvalue weighted by molar-refractivity contribution is 0.439. The second-order valence-corrected chi connectivity index (χ2v) is 5.79. The second kappa shape index (κ2) is 7.07. The minimum Gasteiger partial charge on any atom is -0.354 e. The fraction of sp³-hybridized carbons (Fsp3) is 0.786. The van der Waals surface area contributed by atoms with Gasteiger partial charge >= 0.3 is 0 Å². The monoisotopic (exact) mass is 297 g/mol. The van der Waals surface area contributed by atoms with Gasteiger partial charge in [0.2, 0.25) is 17.2 Å². The molecule has 1 aliphatic rings. The van der Waals surface area contributed by atoms with Crippen LogP contribution in [0.4, 0.5) is 11.9 Å². The van der Waals surface area contributed by atoms with Crippen molar-refractivity contribution in [2.75, 3.05) is 29.9 Å². The molecular weight excluding hydrogens is 274 g/mol. The van der Waals surface area contributed by atoms with Crippen molar-refractivity contribution in [2.24, 2.45) is 11.8 Å². The largest absolute Gasteiger partial charge is 0.354 e. The Bertz CT molecular complexity index is 436. The van der Waals surface area contributed by atoms with Crippen LogP contribution in [0.3, 0.4) is 0 Å². The molecule has 112 valence electrons. The molecule has 0 saturated heterocycles. The average Bonchev–Trinajstić information content (AvgIpc) is 2.83. The van der Waals surface area contributed by atoms with Gasteiger partial charge in [-0.25, -0.2) is 0 Å². The number of anilines is 2. The van der Waals surface area contributed by atoms with Crippen LogP contribution in [0.15, 0.2) is 0 Å². The van der Waals surface area contributed by atoms with E-state index in [0.29, 0.717) is 17.8 Å². The number of nitrogens with zero attached hydrogens (tertiary/aromatic N) is 4. The maximum atomic E-state index is 6.00. The predicted molar refractivity (Wildman–Crippen MR) is 83.4 cm³/mol. The van der Waals surface area contributed by atoms with Gasteiger partial charge in [0.05, 0.1) is 0 Å². The molecule has 1 heterocycles. The quantitative estimate of drug-likeness (QED) is 0.874. The van der Waals surface area contributed by atoms with Crippen LogP contribution >= 0.6 is 11.6 Å². The lowest BCUT2D eigenvalue weighted by Gasteiger charge is -2.20. The molecule has 20 heavy (non-hydrogen) atoms. The highest BCUT2D eigenvalue weighted by Crippen LogP contribution is 2.31. The van der Waals surface area contributed by atoms with Crippen LogP contribution in [0, 0.1) is 11.8 Å². The molecule has 0 amide bonds. The van der Waals surface area contributed by atoms with Gasteiger partial charge in [0, 0.05) is 19.6 Å². The van der Waals surface area contributed by atoms with Gasteiger partial charge in [-0.2, -0.15) is 15.0 Å². The molecule has 0 radical (unpaired) electrons. The van der Waals surface area contributed by atoms with E-state index in [9.17, 15) is 0 Å². The summed E-state index contributed by atoms with van der Waals surface area (Å²) >= 11 is 6.00. The molecule has 0 bridgehead atoms. The third-order valence-corrected chi connectivity index (χ3v) is 4.37. The van der Waals surface area contributed by atoms with Gasteiger partial charge in [0.25, 0.3) is 0 Å². The van der Waals surface area contributed by atoms with E-state index in [1.54, 1.807) is 0 Å². The molecule has 0 aliphatic heterocycles. The van der Waals surface area contributed by atoms with Crippen LogP contribution in [0.5, 0.6) is 0 Å². The minimum absolute atomic E-state index is 0.254. The van der Waals surface area contributed by atoms with Crippen LogP contribution in [0.25, 0.3) is 0 Å². The molecule has 1 aromatic rings. The molecule has 2 unspecified atom stereocenters. The summed E-state index contributed by atoms with van der Waals surface area (Å²) in [4.78, 5) is 14.9. The summed E-state index contributed by atoms with van der Waals surface area (Å²) in [5, 5.41) is 3.58. The number of nitrogens with one attached hydrogen (secondary N) is 1. The Morgan fingerprint density at radius 2 is 1.95 bits per heavy atom.